The first-order valence-corrected chi connectivity index (χ1v) is 9.06. The van der Waals surface area contributed by atoms with Gasteiger partial charge in [0, 0.05) is 6.04 Å². The largest absolute Gasteiger partial charge is 0.497 e. The standard InChI is InChI=1S/C20H29NO/c1-20-11-10-16-15-7-6-14(22-2)12-13(15)4-3-5-17(16)18(20)8-9-19(20)21/h6-7,12,16-19H,3-5,8-11,21H2,1-2H3. The first-order chi connectivity index (χ1) is 10.6. The van der Waals surface area contributed by atoms with Gasteiger partial charge in [0.2, 0.25) is 0 Å². The fourth-order valence-corrected chi connectivity index (χ4v) is 5.93. The molecule has 5 atom stereocenters. The highest BCUT2D eigenvalue weighted by Crippen LogP contribution is 2.60. The maximum absolute atomic E-state index is 6.50. The molecule has 2 N–H and O–H groups in total. The average molecular weight is 299 g/mol. The fraction of sp³-hybridized carbons (Fsp3) is 0.700. The van der Waals surface area contributed by atoms with Crippen molar-refractivity contribution >= 4 is 0 Å². The molecule has 2 nitrogen and oxygen atoms in total. The van der Waals surface area contributed by atoms with Crippen molar-refractivity contribution in [3.8, 4) is 5.75 Å². The van der Waals surface area contributed by atoms with E-state index in [0.717, 1.165) is 23.5 Å². The summed E-state index contributed by atoms with van der Waals surface area (Å²) >= 11 is 0. The molecule has 0 aromatic heterocycles. The molecule has 3 aliphatic rings. The molecule has 0 bridgehead atoms. The van der Waals surface area contributed by atoms with Crippen molar-refractivity contribution in [1.29, 1.82) is 0 Å². The second-order valence-electron chi connectivity index (χ2n) is 8.06. The van der Waals surface area contributed by atoms with Crippen molar-refractivity contribution in [1.82, 2.24) is 0 Å². The average Bonchev–Trinajstić information content (AvgIpc) is 2.72. The van der Waals surface area contributed by atoms with Crippen LogP contribution < -0.4 is 10.5 Å². The molecule has 4 rings (SSSR count). The van der Waals surface area contributed by atoms with Crippen molar-refractivity contribution in [2.45, 2.75) is 63.8 Å². The van der Waals surface area contributed by atoms with Crippen LogP contribution in [0, 0.1) is 17.3 Å². The molecule has 0 heterocycles. The van der Waals surface area contributed by atoms with Gasteiger partial charge in [-0.05, 0) is 91.4 Å². The molecule has 2 fully saturated rings. The molecule has 2 saturated carbocycles. The monoisotopic (exact) mass is 299 g/mol. The number of nitrogens with two attached hydrogens (primary N) is 1. The second-order valence-corrected chi connectivity index (χ2v) is 8.06. The molecule has 120 valence electrons. The number of methoxy groups -OCH3 is 1. The molecular weight excluding hydrogens is 270 g/mol. The van der Waals surface area contributed by atoms with E-state index in [4.69, 9.17) is 10.5 Å². The highest BCUT2D eigenvalue weighted by Gasteiger charge is 2.53. The lowest BCUT2D eigenvalue weighted by molar-refractivity contribution is 0.0551. The Balaban J connectivity index is 1.71. The van der Waals surface area contributed by atoms with Crippen LogP contribution in [0.2, 0.25) is 0 Å². The molecular formula is C20H29NO. The van der Waals surface area contributed by atoms with Gasteiger partial charge in [-0.25, -0.2) is 0 Å². The summed E-state index contributed by atoms with van der Waals surface area (Å²) in [6.45, 7) is 2.48. The number of hydrogen-bond donors (Lipinski definition) is 1. The quantitative estimate of drug-likeness (QED) is 0.840. The lowest BCUT2D eigenvalue weighted by Gasteiger charge is -2.48. The normalized spacial score (nSPS) is 40.3. The minimum Gasteiger partial charge on any atom is -0.497 e. The second kappa shape index (κ2) is 5.26. The van der Waals surface area contributed by atoms with E-state index in [9.17, 15) is 0 Å². The number of ether oxygens (including phenoxy) is 1. The van der Waals surface area contributed by atoms with Gasteiger partial charge >= 0.3 is 0 Å². The van der Waals surface area contributed by atoms with Crippen LogP contribution in [0.25, 0.3) is 0 Å². The van der Waals surface area contributed by atoms with Gasteiger partial charge in [0.05, 0.1) is 7.11 Å². The van der Waals surface area contributed by atoms with Gasteiger partial charge in [0.15, 0.2) is 0 Å². The Morgan fingerprint density at radius 3 is 2.86 bits per heavy atom. The fourth-order valence-electron chi connectivity index (χ4n) is 5.93. The van der Waals surface area contributed by atoms with E-state index in [1.807, 2.05) is 0 Å². The maximum atomic E-state index is 6.50. The highest BCUT2D eigenvalue weighted by molar-refractivity contribution is 5.39. The van der Waals surface area contributed by atoms with Gasteiger partial charge in [-0.3, -0.25) is 0 Å². The lowest BCUT2D eigenvalue weighted by Crippen LogP contribution is -2.45. The summed E-state index contributed by atoms with van der Waals surface area (Å²) in [5.41, 5.74) is 10.1. The third-order valence-electron chi connectivity index (χ3n) is 7.24. The SMILES string of the molecule is COc1ccc2c(c1)CCCC1C2CCC2(C)C(N)CCC12. The molecule has 1 aromatic rings. The topological polar surface area (TPSA) is 35.2 Å². The van der Waals surface area contributed by atoms with Gasteiger partial charge < -0.3 is 10.5 Å². The minimum atomic E-state index is 0.401. The van der Waals surface area contributed by atoms with Crippen LogP contribution in [0.3, 0.4) is 0 Å². The van der Waals surface area contributed by atoms with Crippen LogP contribution in [0.5, 0.6) is 5.75 Å². The summed E-state index contributed by atoms with van der Waals surface area (Å²) < 4.78 is 5.44. The first-order valence-electron chi connectivity index (χ1n) is 9.06. The summed E-state index contributed by atoms with van der Waals surface area (Å²) in [6.07, 6.45) is 9.15. The number of hydrogen-bond acceptors (Lipinski definition) is 2. The summed E-state index contributed by atoms with van der Waals surface area (Å²) in [6, 6.07) is 7.23. The van der Waals surface area contributed by atoms with E-state index in [1.165, 1.54) is 50.5 Å². The van der Waals surface area contributed by atoms with E-state index in [1.54, 1.807) is 12.7 Å². The van der Waals surface area contributed by atoms with Crippen LogP contribution >= 0.6 is 0 Å². The number of aryl methyl sites for hydroxylation is 1. The molecule has 22 heavy (non-hydrogen) atoms. The van der Waals surface area contributed by atoms with E-state index >= 15 is 0 Å². The summed E-state index contributed by atoms with van der Waals surface area (Å²) in [7, 11) is 1.77. The van der Waals surface area contributed by atoms with Crippen molar-refractivity contribution in [3.63, 3.8) is 0 Å². The van der Waals surface area contributed by atoms with E-state index in [-0.39, 0.29) is 0 Å². The van der Waals surface area contributed by atoms with Gasteiger partial charge in [0.25, 0.3) is 0 Å². The molecule has 0 saturated heterocycles. The third-order valence-corrected chi connectivity index (χ3v) is 7.24. The summed E-state index contributed by atoms with van der Waals surface area (Å²) in [4.78, 5) is 0. The molecule has 3 aliphatic carbocycles. The van der Waals surface area contributed by atoms with Crippen molar-refractivity contribution in [3.05, 3.63) is 29.3 Å². The Morgan fingerprint density at radius 1 is 1.18 bits per heavy atom. The molecule has 0 amide bonds. The number of rotatable bonds is 1. The minimum absolute atomic E-state index is 0.401. The maximum Gasteiger partial charge on any atom is 0.119 e. The number of benzene rings is 1. The molecule has 0 aliphatic heterocycles. The van der Waals surface area contributed by atoms with Crippen LogP contribution in [0.15, 0.2) is 18.2 Å². The van der Waals surface area contributed by atoms with Gasteiger partial charge in [0.1, 0.15) is 5.75 Å². The molecule has 1 aromatic carbocycles. The predicted octanol–water partition coefficient (Wildman–Crippen LogP) is 4.27. The van der Waals surface area contributed by atoms with Gasteiger partial charge in [-0.15, -0.1) is 0 Å². The Labute approximate surface area is 134 Å². The van der Waals surface area contributed by atoms with Crippen molar-refractivity contribution in [2.75, 3.05) is 7.11 Å². The summed E-state index contributed by atoms with van der Waals surface area (Å²) in [5, 5.41) is 0. The van der Waals surface area contributed by atoms with E-state index < -0.39 is 0 Å². The summed E-state index contributed by atoms with van der Waals surface area (Å²) in [5.74, 6) is 3.46. The third kappa shape index (κ3) is 2.03. The lowest BCUT2D eigenvalue weighted by atomic mass is 9.57. The van der Waals surface area contributed by atoms with Gasteiger partial charge in [-0.2, -0.15) is 0 Å². The zero-order valence-electron chi connectivity index (χ0n) is 14.0. The Morgan fingerprint density at radius 2 is 2.05 bits per heavy atom. The molecule has 0 radical (unpaired) electrons. The van der Waals surface area contributed by atoms with Crippen LogP contribution in [0.4, 0.5) is 0 Å². The Bertz CT molecular complexity index is 569. The Hall–Kier alpha value is -1.02. The van der Waals surface area contributed by atoms with Crippen LogP contribution in [-0.4, -0.2) is 13.2 Å². The molecule has 0 spiro atoms. The van der Waals surface area contributed by atoms with Crippen LogP contribution in [-0.2, 0) is 6.42 Å². The van der Waals surface area contributed by atoms with E-state index in [2.05, 4.69) is 25.1 Å². The highest BCUT2D eigenvalue weighted by atomic mass is 16.5. The molecule has 5 unspecified atom stereocenters. The number of fused-ring (bicyclic) bond motifs is 5. The van der Waals surface area contributed by atoms with Crippen molar-refractivity contribution < 1.29 is 4.74 Å². The first kappa shape index (κ1) is 14.6. The zero-order chi connectivity index (χ0) is 15.3. The molecule has 2 heteroatoms. The predicted molar refractivity (Wildman–Crippen MR) is 90.2 cm³/mol. The Kier molecular flexibility index (Phi) is 3.48. The van der Waals surface area contributed by atoms with Crippen molar-refractivity contribution in [2.24, 2.45) is 23.0 Å². The van der Waals surface area contributed by atoms with E-state index in [0.29, 0.717) is 11.5 Å². The zero-order valence-corrected chi connectivity index (χ0v) is 14.0. The van der Waals surface area contributed by atoms with Gasteiger partial charge in [-0.1, -0.05) is 13.0 Å². The van der Waals surface area contributed by atoms with Crippen LogP contribution in [0.1, 0.15) is 62.5 Å². The smallest absolute Gasteiger partial charge is 0.119 e.